The number of aryl methyl sites for hydroxylation is 1. The van der Waals surface area contributed by atoms with Gasteiger partial charge in [-0.2, -0.15) is 0 Å². The highest BCUT2D eigenvalue weighted by Crippen LogP contribution is 2.33. The Morgan fingerprint density at radius 1 is 0.926 bits per heavy atom. The summed E-state index contributed by atoms with van der Waals surface area (Å²) in [6.07, 6.45) is 1.83. The first-order valence-electron chi connectivity index (χ1n) is 8.65. The van der Waals surface area contributed by atoms with Gasteiger partial charge in [0.2, 0.25) is 0 Å². The van der Waals surface area contributed by atoms with Crippen LogP contribution in [0.15, 0.2) is 94.0 Å². The average Bonchev–Trinajstić information content (AvgIpc) is 3.00. The van der Waals surface area contributed by atoms with E-state index in [0.29, 0.717) is 11.5 Å². The van der Waals surface area contributed by atoms with Gasteiger partial charge in [0.1, 0.15) is 11.5 Å². The molecule has 4 rings (SSSR count). The molecule has 0 atom stereocenters. The molecule has 1 aliphatic rings. The van der Waals surface area contributed by atoms with Gasteiger partial charge in [-0.15, -0.1) is 0 Å². The number of benzene rings is 3. The highest BCUT2D eigenvalue weighted by Gasteiger charge is 2.33. The first kappa shape index (κ1) is 17.4. The maximum absolute atomic E-state index is 13.3. The molecule has 3 aromatic carbocycles. The Morgan fingerprint density at radius 2 is 1.59 bits per heavy atom. The van der Waals surface area contributed by atoms with Gasteiger partial charge in [0, 0.05) is 10.0 Å². The van der Waals surface area contributed by atoms with Crippen LogP contribution in [0.25, 0.3) is 6.08 Å². The van der Waals surface area contributed by atoms with Crippen molar-refractivity contribution in [2.75, 3.05) is 4.90 Å². The highest BCUT2D eigenvalue weighted by atomic mass is 79.9. The van der Waals surface area contributed by atoms with Crippen LogP contribution in [0.2, 0.25) is 0 Å². The predicted molar refractivity (Wildman–Crippen MR) is 114 cm³/mol. The third-order valence-corrected chi connectivity index (χ3v) is 4.97. The van der Waals surface area contributed by atoms with Crippen LogP contribution in [0.3, 0.4) is 0 Å². The Kier molecular flexibility index (Phi) is 4.73. The average molecular weight is 417 g/mol. The molecule has 0 bridgehead atoms. The maximum Gasteiger partial charge on any atom is 0.282 e. The van der Waals surface area contributed by atoms with Crippen molar-refractivity contribution in [2.24, 2.45) is 4.99 Å². The van der Waals surface area contributed by atoms with Crippen LogP contribution >= 0.6 is 15.9 Å². The molecule has 0 aliphatic carbocycles. The molecule has 4 heteroatoms. The number of amidine groups is 1. The molecule has 3 nitrogen and oxygen atoms in total. The van der Waals surface area contributed by atoms with E-state index in [9.17, 15) is 4.79 Å². The molecule has 0 saturated heterocycles. The Balaban J connectivity index is 1.85. The number of carbonyl (C=O) groups is 1. The SMILES string of the molecule is Cc1ccc(N2C(=O)/C(=C/c3ccccc3)N=C2c2ccccc2)c(Br)c1. The maximum atomic E-state index is 13.3. The monoisotopic (exact) mass is 416 g/mol. The first-order valence-corrected chi connectivity index (χ1v) is 9.44. The summed E-state index contributed by atoms with van der Waals surface area (Å²) >= 11 is 3.60. The van der Waals surface area contributed by atoms with Gasteiger partial charge in [0.05, 0.1) is 5.69 Å². The molecule has 0 aromatic heterocycles. The topological polar surface area (TPSA) is 32.7 Å². The smallest absolute Gasteiger partial charge is 0.266 e. The second-order valence-electron chi connectivity index (χ2n) is 6.34. The van der Waals surface area contributed by atoms with E-state index in [1.807, 2.05) is 91.9 Å². The second-order valence-corrected chi connectivity index (χ2v) is 7.19. The van der Waals surface area contributed by atoms with Crippen molar-refractivity contribution in [1.82, 2.24) is 0 Å². The summed E-state index contributed by atoms with van der Waals surface area (Å²) in [5, 5.41) is 0. The van der Waals surface area contributed by atoms with E-state index >= 15 is 0 Å². The molecular weight excluding hydrogens is 400 g/mol. The van der Waals surface area contributed by atoms with E-state index in [4.69, 9.17) is 0 Å². The number of hydrogen-bond acceptors (Lipinski definition) is 2. The molecule has 1 aliphatic heterocycles. The molecule has 0 N–H and O–H groups in total. The molecule has 1 amide bonds. The molecule has 27 heavy (non-hydrogen) atoms. The number of carbonyl (C=O) groups excluding carboxylic acids is 1. The van der Waals surface area contributed by atoms with E-state index < -0.39 is 0 Å². The van der Waals surface area contributed by atoms with E-state index in [0.717, 1.165) is 26.9 Å². The van der Waals surface area contributed by atoms with Gasteiger partial charge in [-0.1, -0.05) is 66.7 Å². The van der Waals surface area contributed by atoms with Crippen LogP contribution < -0.4 is 4.90 Å². The van der Waals surface area contributed by atoms with Crippen molar-refractivity contribution in [1.29, 1.82) is 0 Å². The Morgan fingerprint density at radius 3 is 2.26 bits per heavy atom. The number of anilines is 1. The third kappa shape index (κ3) is 3.49. The van der Waals surface area contributed by atoms with E-state index in [2.05, 4.69) is 20.9 Å². The minimum Gasteiger partial charge on any atom is -0.266 e. The molecule has 0 radical (unpaired) electrons. The molecule has 0 spiro atoms. The largest absolute Gasteiger partial charge is 0.282 e. The summed E-state index contributed by atoms with van der Waals surface area (Å²) < 4.78 is 0.862. The summed E-state index contributed by atoms with van der Waals surface area (Å²) in [5.41, 5.74) is 4.17. The highest BCUT2D eigenvalue weighted by molar-refractivity contribution is 9.10. The Labute approximate surface area is 166 Å². The molecule has 0 saturated carbocycles. The number of hydrogen-bond donors (Lipinski definition) is 0. The zero-order chi connectivity index (χ0) is 18.8. The number of halogens is 1. The fraction of sp³-hybridized carbons (Fsp3) is 0.0435. The fourth-order valence-electron chi connectivity index (χ4n) is 3.02. The van der Waals surface area contributed by atoms with Crippen LogP contribution in [0.1, 0.15) is 16.7 Å². The van der Waals surface area contributed by atoms with Crippen molar-refractivity contribution in [3.8, 4) is 0 Å². The van der Waals surface area contributed by atoms with Gasteiger partial charge in [0.25, 0.3) is 5.91 Å². The minimum atomic E-state index is -0.137. The quantitative estimate of drug-likeness (QED) is 0.512. The van der Waals surface area contributed by atoms with Crippen molar-refractivity contribution >= 4 is 39.4 Å². The van der Waals surface area contributed by atoms with Crippen molar-refractivity contribution in [3.05, 3.63) is 106 Å². The van der Waals surface area contributed by atoms with E-state index in [-0.39, 0.29) is 5.91 Å². The number of amides is 1. The standard InChI is InChI=1S/C23H17BrN2O/c1-16-12-13-21(19(24)14-16)26-22(18-10-6-3-7-11-18)25-20(23(26)27)15-17-8-4-2-5-9-17/h2-15H,1H3/b20-15-. The van der Waals surface area contributed by atoms with Crippen molar-refractivity contribution in [2.45, 2.75) is 6.92 Å². The Hall–Kier alpha value is -2.98. The van der Waals surface area contributed by atoms with Crippen LogP contribution in [0.4, 0.5) is 5.69 Å². The normalized spacial score (nSPS) is 15.3. The lowest BCUT2D eigenvalue weighted by Gasteiger charge is -2.20. The van der Waals surface area contributed by atoms with Crippen LogP contribution in [0, 0.1) is 6.92 Å². The second kappa shape index (κ2) is 7.33. The fourth-order valence-corrected chi connectivity index (χ4v) is 3.69. The first-order chi connectivity index (χ1) is 13.1. The minimum absolute atomic E-state index is 0.137. The number of aliphatic imine (C=N–C) groups is 1. The number of nitrogens with zero attached hydrogens (tertiary/aromatic N) is 2. The Bertz CT molecular complexity index is 1060. The van der Waals surface area contributed by atoms with Gasteiger partial charge in [-0.3, -0.25) is 9.69 Å². The lowest BCUT2D eigenvalue weighted by Crippen LogP contribution is -2.33. The van der Waals surface area contributed by atoms with Gasteiger partial charge in [-0.05, 0) is 52.2 Å². The molecule has 1 heterocycles. The number of rotatable bonds is 3. The zero-order valence-electron chi connectivity index (χ0n) is 14.8. The summed E-state index contributed by atoms with van der Waals surface area (Å²) in [4.78, 5) is 19.6. The van der Waals surface area contributed by atoms with Crippen LogP contribution in [-0.2, 0) is 4.79 Å². The van der Waals surface area contributed by atoms with Crippen molar-refractivity contribution in [3.63, 3.8) is 0 Å². The van der Waals surface area contributed by atoms with Crippen LogP contribution in [-0.4, -0.2) is 11.7 Å². The van der Waals surface area contributed by atoms with Gasteiger partial charge in [-0.25, -0.2) is 4.99 Å². The van der Waals surface area contributed by atoms with Gasteiger partial charge < -0.3 is 0 Å². The lowest BCUT2D eigenvalue weighted by molar-refractivity contribution is -0.113. The van der Waals surface area contributed by atoms with E-state index in [1.54, 1.807) is 4.90 Å². The molecular formula is C23H17BrN2O. The molecule has 0 unspecified atom stereocenters. The van der Waals surface area contributed by atoms with Crippen LogP contribution in [0.5, 0.6) is 0 Å². The predicted octanol–water partition coefficient (Wildman–Crippen LogP) is 5.59. The third-order valence-electron chi connectivity index (χ3n) is 4.34. The van der Waals surface area contributed by atoms with Gasteiger partial charge in [0.15, 0.2) is 0 Å². The molecule has 3 aromatic rings. The summed E-state index contributed by atoms with van der Waals surface area (Å²) in [7, 11) is 0. The summed E-state index contributed by atoms with van der Waals surface area (Å²) in [5.74, 6) is 0.495. The van der Waals surface area contributed by atoms with E-state index in [1.165, 1.54) is 0 Å². The molecule has 0 fully saturated rings. The summed E-state index contributed by atoms with van der Waals surface area (Å²) in [6.45, 7) is 2.02. The van der Waals surface area contributed by atoms with Crippen molar-refractivity contribution < 1.29 is 4.79 Å². The zero-order valence-corrected chi connectivity index (χ0v) is 16.3. The summed E-state index contributed by atoms with van der Waals surface area (Å²) in [6, 6.07) is 25.5. The van der Waals surface area contributed by atoms with Gasteiger partial charge >= 0.3 is 0 Å². The molecule has 132 valence electrons. The lowest BCUT2D eigenvalue weighted by atomic mass is 10.1.